The van der Waals surface area contributed by atoms with Crippen LogP contribution in [0.25, 0.3) is 0 Å². The van der Waals surface area contributed by atoms with Gasteiger partial charge in [0.2, 0.25) is 0 Å². The second kappa shape index (κ2) is 5.44. The number of hydrogen-bond acceptors (Lipinski definition) is 4. The number of likely N-dealkylation sites (N-methyl/N-ethyl adjacent to an activating group) is 1. The molecule has 0 bridgehead atoms. The maximum absolute atomic E-state index is 11.4. The van der Waals surface area contributed by atoms with E-state index in [1.165, 1.54) is 19.4 Å². The summed E-state index contributed by atoms with van der Waals surface area (Å²) in [5.74, 6) is 0.602. The Morgan fingerprint density at radius 2 is 2.35 bits per heavy atom. The minimum atomic E-state index is -0.229. The maximum atomic E-state index is 11.4. The van der Waals surface area contributed by atoms with Crippen LogP contribution < -0.4 is 4.74 Å². The molecule has 0 aliphatic carbocycles. The van der Waals surface area contributed by atoms with Crippen LogP contribution >= 0.6 is 0 Å². The van der Waals surface area contributed by atoms with E-state index in [1.54, 1.807) is 6.07 Å². The first-order valence-electron chi connectivity index (χ1n) is 7.40. The molecule has 2 aliphatic rings. The van der Waals surface area contributed by atoms with Gasteiger partial charge in [0.15, 0.2) is 0 Å². The topological polar surface area (TPSA) is 38.8 Å². The maximum Gasteiger partial charge on any atom is 0.338 e. The second-order valence-corrected chi connectivity index (χ2v) is 5.56. The number of esters is 1. The van der Waals surface area contributed by atoms with Gasteiger partial charge in [0.05, 0.1) is 5.56 Å². The van der Waals surface area contributed by atoms with Gasteiger partial charge in [-0.15, -0.1) is 0 Å². The van der Waals surface area contributed by atoms with Crippen LogP contribution in [0.4, 0.5) is 0 Å². The number of fused-ring (bicyclic) bond motifs is 1. The van der Waals surface area contributed by atoms with E-state index in [9.17, 15) is 4.79 Å². The number of carbonyl (C=O) groups excluding carboxylic acids is 1. The Kier molecular flexibility index (Phi) is 3.66. The highest BCUT2D eigenvalue weighted by molar-refractivity contribution is 5.93. The fourth-order valence-corrected chi connectivity index (χ4v) is 3.25. The van der Waals surface area contributed by atoms with Gasteiger partial charge in [0, 0.05) is 11.6 Å². The van der Waals surface area contributed by atoms with E-state index in [2.05, 4.69) is 18.7 Å². The highest BCUT2D eigenvalue weighted by atomic mass is 16.5. The number of ether oxygens (including phenoxy) is 2. The predicted molar refractivity (Wildman–Crippen MR) is 75.9 cm³/mol. The third kappa shape index (κ3) is 2.40. The smallest absolute Gasteiger partial charge is 0.338 e. The molecule has 1 aromatic rings. The summed E-state index contributed by atoms with van der Waals surface area (Å²) in [6.07, 6.45) is 2.61. The van der Waals surface area contributed by atoms with Crippen molar-refractivity contribution in [3.8, 4) is 5.75 Å². The predicted octanol–water partition coefficient (Wildman–Crippen LogP) is 2.61. The normalized spacial score (nSPS) is 23.5. The summed E-state index contributed by atoms with van der Waals surface area (Å²) in [4.78, 5) is 13.9. The van der Waals surface area contributed by atoms with Crippen LogP contribution in [0.1, 0.15) is 42.6 Å². The molecule has 0 N–H and O–H groups in total. The largest absolute Gasteiger partial charge is 0.489 e. The minimum absolute atomic E-state index is 0.161. The first-order chi connectivity index (χ1) is 9.69. The lowest BCUT2D eigenvalue weighted by atomic mass is 10.1. The molecule has 1 saturated heterocycles. The van der Waals surface area contributed by atoms with E-state index in [0.717, 1.165) is 17.9 Å². The van der Waals surface area contributed by atoms with Crippen LogP contribution in [0.5, 0.6) is 5.75 Å². The van der Waals surface area contributed by atoms with Crippen molar-refractivity contribution in [2.45, 2.75) is 45.4 Å². The van der Waals surface area contributed by atoms with Crippen molar-refractivity contribution in [2.75, 3.05) is 13.1 Å². The van der Waals surface area contributed by atoms with Crippen molar-refractivity contribution in [3.05, 3.63) is 29.3 Å². The lowest BCUT2D eigenvalue weighted by Crippen LogP contribution is -2.40. The van der Waals surface area contributed by atoms with E-state index in [0.29, 0.717) is 18.2 Å². The van der Waals surface area contributed by atoms with Crippen molar-refractivity contribution < 1.29 is 14.3 Å². The van der Waals surface area contributed by atoms with Crippen LogP contribution in [0, 0.1) is 0 Å². The average Bonchev–Trinajstić information content (AvgIpc) is 3.05. The van der Waals surface area contributed by atoms with Crippen LogP contribution in [-0.2, 0) is 11.3 Å². The Balaban J connectivity index is 1.70. The molecule has 4 heteroatoms. The fraction of sp³-hybridized carbons (Fsp3) is 0.562. The standard InChI is InChI=1S/C16H21NO3/c1-3-17-8-4-5-15(17)11(2)20-13-6-7-14-12(9-13)10-19-16(14)18/h6-7,9,11,15H,3-5,8,10H2,1-2H3/t11-,15-/m0/s1. The molecule has 2 aliphatic heterocycles. The molecule has 0 saturated carbocycles. The summed E-state index contributed by atoms with van der Waals surface area (Å²) in [5.41, 5.74) is 1.60. The third-order valence-corrected chi connectivity index (χ3v) is 4.34. The molecule has 0 amide bonds. The molecule has 2 heterocycles. The summed E-state index contributed by atoms with van der Waals surface area (Å²) in [6, 6.07) is 6.10. The molecule has 108 valence electrons. The summed E-state index contributed by atoms with van der Waals surface area (Å²) >= 11 is 0. The number of cyclic esters (lactones) is 1. The SMILES string of the molecule is CCN1CCC[C@H]1[C@H](C)Oc1ccc2c(c1)COC2=O. The quantitative estimate of drug-likeness (QED) is 0.792. The Morgan fingerprint density at radius 3 is 3.15 bits per heavy atom. The molecule has 20 heavy (non-hydrogen) atoms. The third-order valence-electron chi connectivity index (χ3n) is 4.34. The van der Waals surface area contributed by atoms with Crippen molar-refractivity contribution in [1.82, 2.24) is 4.90 Å². The number of hydrogen-bond donors (Lipinski definition) is 0. The van der Waals surface area contributed by atoms with Crippen molar-refractivity contribution in [1.29, 1.82) is 0 Å². The zero-order chi connectivity index (χ0) is 14.1. The molecular weight excluding hydrogens is 254 g/mol. The Hall–Kier alpha value is -1.55. The zero-order valence-electron chi connectivity index (χ0n) is 12.1. The lowest BCUT2D eigenvalue weighted by Gasteiger charge is -2.29. The van der Waals surface area contributed by atoms with Crippen molar-refractivity contribution >= 4 is 5.97 Å². The first kappa shape index (κ1) is 13.4. The highest BCUT2D eigenvalue weighted by Crippen LogP contribution is 2.27. The minimum Gasteiger partial charge on any atom is -0.489 e. The summed E-state index contributed by atoms with van der Waals surface area (Å²) in [6.45, 7) is 6.94. The molecule has 1 fully saturated rings. The zero-order valence-corrected chi connectivity index (χ0v) is 12.1. The molecule has 0 unspecified atom stereocenters. The average molecular weight is 275 g/mol. The van der Waals surface area contributed by atoms with E-state index in [1.807, 2.05) is 12.1 Å². The van der Waals surface area contributed by atoms with Gasteiger partial charge in [-0.2, -0.15) is 0 Å². The number of carbonyl (C=O) groups is 1. The van der Waals surface area contributed by atoms with Gasteiger partial charge in [-0.3, -0.25) is 4.90 Å². The van der Waals surface area contributed by atoms with Crippen LogP contribution in [-0.4, -0.2) is 36.1 Å². The van der Waals surface area contributed by atoms with Crippen LogP contribution in [0.2, 0.25) is 0 Å². The lowest BCUT2D eigenvalue weighted by molar-refractivity contribution is 0.0535. The van der Waals surface area contributed by atoms with Crippen molar-refractivity contribution in [2.24, 2.45) is 0 Å². The molecule has 0 radical (unpaired) electrons. The molecule has 0 spiro atoms. The number of nitrogens with zero attached hydrogens (tertiary/aromatic N) is 1. The van der Waals surface area contributed by atoms with Gasteiger partial charge in [-0.1, -0.05) is 6.92 Å². The summed E-state index contributed by atoms with van der Waals surface area (Å²) in [5, 5.41) is 0. The van der Waals surface area contributed by atoms with E-state index in [-0.39, 0.29) is 12.1 Å². The Labute approximate surface area is 119 Å². The van der Waals surface area contributed by atoms with Crippen LogP contribution in [0.15, 0.2) is 18.2 Å². The summed E-state index contributed by atoms with van der Waals surface area (Å²) < 4.78 is 11.1. The van der Waals surface area contributed by atoms with Gasteiger partial charge in [0.1, 0.15) is 18.5 Å². The monoisotopic (exact) mass is 275 g/mol. The Bertz CT molecular complexity index is 514. The van der Waals surface area contributed by atoms with E-state index >= 15 is 0 Å². The molecule has 2 atom stereocenters. The molecule has 0 aromatic heterocycles. The van der Waals surface area contributed by atoms with Gasteiger partial charge in [0.25, 0.3) is 0 Å². The second-order valence-electron chi connectivity index (χ2n) is 5.56. The van der Waals surface area contributed by atoms with Crippen LogP contribution in [0.3, 0.4) is 0 Å². The number of likely N-dealkylation sites (tertiary alicyclic amines) is 1. The van der Waals surface area contributed by atoms with Gasteiger partial charge >= 0.3 is 5.97 Å². The Morgan fingerprint density at radius 1 is 1.50 bits per heavy atom. The molecule has 4 nitrogen and oxygen atoms in total. The number of benzene rings is 1. The van der Waals surface area contributed by atoms with Gasteiger partial charge < -0.3 is 9.47 Å². The van der Waals surface area contributed by atoms with Crippen molar-refractivity contribution in [3.63, 3.8) is 0 Å². The highest BCUT2D eigenvalue weighted by Gasteiger charge is 2.29. The van der Waals surface area contributed by atoms with E-state index in [4.69, 9.17) is 9.47 Å². The summed E-state index contributed by atoms with van der Waals surface area (Å²) in [7, 11) is 0. The fourth-order valence-electron chi connectivity index (χ4n) is 3.25. The molecular formula is C16H21NO3. The molecule has 3 rings (SSSR count). The van der Waals surface area contributed by atoms with E-state index < -0.39 is 0 Å². The van der Waals surface area contributed by atoms with Gasteiger partial charge in [-0.05, 0) is 51.1 Å². The first-order valence-corrected chi connectivity index (χ1v) is 7.40. The number of rotatable bonds is 4. The van der Waals surface area contributed by atoms with Gasteiger partial charge in [-0.25, -0.2) is 4.79 Å². The molecule has 1 aromatic carbocycles.